The molecule has 1 rings (SSSR count). The number of nitrogens with zero attached hydrogens (tertiary/aromatic N) is 2. The second-order valence-electron chi connectivity index (χ2n) is 4.83. The lowest BCUT2D eigenvalue weighted by molar-refractivity contribution is 0.180. The number of nitrogens with one attached hydrogen (secondary N) is 1. The predicted molar refractivity (Wildman–Crippen MR) is 62.5 cm³/mol. The summed E-state index contributed by atoms with van der Waals surface area (Å²) in [7, 11) is 0. The van der Waals surface area contributed by atoms with Gasteiger partial charge in [-0.05, 0) is 31.8 Å². The predicted octanol–water partition coefficient (Wildman–Crippen LogP) is 1.61. The van der Waals surface area contributed by atoms with Gasteiger partial charge >= 0.3 is 0 Å². The van der Waals surface area contributed by atoms with Gasteiger partial charge in [-0.25, -0.2) is 0 Å². The van der Waals surface area contributed by atoms with Crippen molar-refractivity contribution < 1.29 is 0 Å². The van der Waals surface area contributed by atoms with Gasteiger partial charge in [-0.2, -0.15) is 5.26 Å². The summed E-state index contributed by atoms with van der Waals surface area (Å²) in [5.41, 5.74) is 0. The maximum atomic E-state index is 8.44. The van der Waals surface area contributed by atoms with Crippen LogP contribution in [0, 0.1) is 17.2 Å². The third kappa shape index (κ3) is 5.15. The molecule has 0 saturated carbocycles. The first-order chi connectivity index (χ1) is 7.22. The zero-order chi connectivity index (χ0) is 11.1. The number of hydrogen-bond acceptors (Lipinski definition) is 3. The van der Waals surface area contributed by atoms with Crippen LogP contribution >= 0.6 is 0 Å². The van der Waals surface area contributed by atoms with E-state index in [9.17, 15) is 0 Å². The minimum absolute atomic E-state index is 0.631. The number of rotatable bonds is 5. The SMILES string of the molecule is CC(C)CN1CCC(NCCC#N)CC1. The molecular formula is C12H23N3. The second kappa shape index (κ2) is 6.81. The van der Waals surface area contributed by atoms with Gasteiger partial charge in [-0.1, -0.05) is 13.8 Å². The highest BCUT2D eigenvalue weighted by Crippen LogP contribution is 2.11. The van der Waals surface area contributed by atoms with Crippen LogP contribution in [0.5, 0.6) is 0 Å². The van der Waals surface area contributed by atoms with Gasteiger partial charge in [0.15, 0.2) is 0 Å². The van der Waals surface area contributed by atoms with E-state index in [1.807, 2.05) is 0 Å². The van der Waals surface area contributed by atoms with Gasteiger partial charge in [0.1, 0.15) is 0 Å². The molecule has 1 saturated heterocycles. The molecule has 0 spiro atoms. The molecule has 15 heavy (non-hydrogen) atoms. The van der Waals surface area contributed by atoms with Crippen LogP contribution in [-0.4, -0.2) is 37.1 Å². The Hall–Kier alpha value is -0.590. The quantitative estimate of drug-likeness (QED) is 0.699. The fourth-order valence-corrected chi connectivity index (χ4v) is 2.17. The van der Waals surface area contributed by atoms with E-state index in [-0.39, 0.29) is 0 Å². The molecule has 0 unspecified atom stereocenters. The average Bonchev–Trinajstić information content (AvgIpc) is 2.20. The monoisotopic (exact) mass is 209 g/mol. The molecule has 0 aromatic rings. The molecule has 1 aliphatic heterocycles. The van der Waals surface area contributed by atoms with Crippen LogP contribution < -0.4 is 5.32 Å². The Morgan fingerprint density at radius 2 is 2.07 bits per heavy atom. The average molecular weight is 209 g/mol. The molecular weight excluding hydrogens is 186 g/mol. The Bertz CT molecular complexity index is 199. The maximum absolute atomic E-state index is 8.44. The first-order valence-corrected chi connectivity index (χ1v) is 6.05. The summed E-state index contributed by atoms with van der Waals surface area (Å²) in [5, 5.41) is 11.9. The first-order valence-electron chi connectivity index (χ1n) is 6.05. The fourth-order valence-electron chi connectivity index (χ4n) is 2.17. The first kappa shape index (κ1) is 12.5. The van der Waals surface area contributed by atoms with Crippen molar-refractivity contribution in [2.75, 3.05) is 26.2 Å². The zero-order valence-electron chi connectivity index (χ0n) is 10.00. The molecule has 0 amide bonds. The molecule has 0 atom stereocenters. The number of nitriles is 1. The smallest absolute Gasteiger partial charge is 0.0635 e. The molecule has 0 aromatic heterocycles. The highest BCUT2D eigenvalue weighted by atomic mass is 15.1. The lowest BCUT2D eigenvalue weighted by Gasteiger charge is -2.33. The number of likely N-dealkylation sites (tertiary alicyclic amines) is 1. The highest BCUT2D eigenvalue weighted by Gasteiger charge is 2.18. The summed E-state index contributed by atoms with van der Waals surface area (Å²) in [6.07, 6.45) is 3.10. The number of piperidine rings is 1. The Morgan fingerprint density at radius 3 is 2.60 bits per heavy atom. The lowest BCUT2D eigenvalue weighted by Crippen LogP contribution is -2.43. The van der Waals surface area contributed by atoms with Crippen molar-refractivity contribution in [2.45, 2.75) is 39.2 Å². The van der Waals surface area contributed by atoms with Crippen molar-refractivity contribution in [3.8, 4) is 6.07 Å². The van der Waals surface area contributed by atoms with E-state index in [0.29, 0.717) is 12.5 Å². The van der Waals surface area contributed by atoms with Crippen molar-refractivity contribution in [1.82, 2.24) is 10.2 Å². The second-order valence-corrected chi connectivity index (χ2v) is 4.83. The molecule has 3 heteroatoms. The van der Waals surface area contributed by atoms with Crippen LogP contribution in [0.3, 0.4) is 0 Å². The third-order valence-corrected chi connectivity index (χ3v) is 2.88. The summed E-state index contributed by atoms with van der Waals surface area (Å²) < 4.78 is 0. The zero-order valence-corrected chi connectivity index (χ0v) is 10.00. The van der Waals surface area contributed by atoms with Crippen LogP contribution in [0.25, 0.3) is 0 Å². The molecule has 0 aliphatic carbocycles. The van der Waals surface area contributed by atoms with Crippen LogP contribution in [0.4, 0.5) is 0 Å². The normalized spacial score (nSPS) is 19.3. The highest BCUT2D eigenvalue weighted by molar-refractivity contribution is 4.79. The summed E-state index contributed by atoms with van der Waals surface area (Å²) in [6, 6.07) is 2.81. The largest absolute Gasteiger partial charge is 0.313 e. The topological polar surface area (TPSA) is 39.1 Å². The summed E-state index contributed by atoms with van der Waals surface area (Å²) in [4.78, 5) is 2.55. The van der Waals surface area contributed by atoms with Crippen molar-refractivity contribution in [3.63, 3.8) is 0 Å². The summed E-state index contributed by atoms with van der Waals surface area (Å²) >= 11 is 0. The molecule has 0 aromatic carbocycles. The Kier molecular flexibility index (Phi) is 5.67. The van der Waals surface area contributed by atoms with E-state index in [0.717, 1.165) is 12.5 Å². The van der Waals surface area contributed by atoms with Crippen molar-refractivity contribution in [3.05, 3.63) is 0 Å². The van der Waals surface area contributed by atoms with E-state index >= 15 is 0 Å². The molecule has 1 aliphatic rings. The lowest BCUT2D eigenvalue weighted by atomic mass is 10.0. The Balaban J connectivity index is 2.10. The van der Waals surface area contributed by atoms with E-state index in [4.69, 9.17) is 5.26 Å². The molecule has 0 bridgehead atoms. The van der Waals surface area contributed by atoms with Gasteiger partial charge in [-0.3, -0.25) is 0 Å². The standard InChI is InChI=1S/C12H23N3/c1-11(2)10-15-8-4-12(5-9-15)14-7-3-6-13/h11-12,14H,3-5,7-10H2,1-2H3. The molecule has 3 nitrogen and oxygen atoms in total. The molecule has 1 fully saturated rings. The summed E-state index contributed by atoms with van der Waals surface area (Å²) in [5.74, 6) is 0.771. The van der Waals surface area contributed by atoms with Gasteiger partial charge in [0.05, 0.1) is 6.07 Å². The minimum Gasteiger partial charge on any atom is -0.313 e. The van der Waals surface area contributed by atoms with Gasteiger partial charge in [-0.15, -0.1) is 0 Å². The Morgan fingerprint density at radius 1 is 1.40 bits per heavy atom. The molecule has 0 radical (unpaired) electrons. The minimum atomic E-state index is 0.631. The van der Waals surface area contributed by atoms with Gasteiger partial charge in [0.25, 0.3) is 0 Å². The van der Waals surface area contributed by atoms with Crippen molar-refractivity contribution >= 4 is 0 Å². The van der Waals surface area contributed by atoms with Crippen molar-refractivity contribution in [1.29, 1.82) is 5.26 Å². The number of hydrogen-bond donors (Lipinski definition) is 1. The maximum Gasteiger partial charge on any atom is 0.0635 e. The van der Waals surface area contributed by atoms with E-state index in [1.165, 1.54) is 32.5 Å². The summed E-state index contributed by atoms with van der Waals surface area (Å²) in [6.45, 7) is 9.05. The third-order valence-electron chi connectivity index (χ3n) is 2.88. The van der Waals surface area contributed by atoms with Gasteiger partial charge < -0.3 is 10.2 Å². The molecule has 1 N–H and O–H groups in total. The van der Waals surface area contributed by atoms with Gasteiger partial charge in [0, 0.05) is 25.6 Å². The van der Waals surface area contributed by atoms with E-state index < -0.39 is 0 Å². The van der Waals surface area contributed by atoms with Gasteiger partial charge in [0.2, 0.25) is 0 Å². The van der Waals surface area contributed by atoms with Crippen molar-refractivity contribution in [2.24, 2.45) is 5.92 Å². The fraction of sp³-hybridized carbons (Fsp3) is 0.917. The van der Waals surface area contributed by atoms with Crippen LogP contribution in [0.1, 0.15) is 33.1 Å². The van der Waals surface area contributed by atoms with Crippen LogP contribution in [0.15, 0.2) is 0 Å². The van der Waals surface area contributed by atoms with E-state index in [2.05, 4.69) is 30.1 Å². The van der Waals surface area contributed by atoms with Crippen LogP contribution in [-0.2, 0) is 0 Å². The van der Waals surface area contributed by atoms with Crippen LogP contribution in [0.2, 0.25) is 0 Å². The Labute approximate surface area is 93.5 Å². The molecule has 1 heterocycles. The molecule has 86 valence electrons. The van der Waals surface area contributed by atoms with E-state index in [1.54, 1.807) is 0 Å².